The highest BCUT2D eigenvalue weighted by Gasteiger charge is 2.19. The van der Waals surface area contributed by atoms with Crippen molar-refractivity contribution < 1.29 is 12.6 Å². The van der Waals surface area contributed by atoms with E-state index in [0.29, 0.717) is 5.56 Å². The maximum Gasteiger partial charge on any atom is 0.339 e. The summed E-state index contributed by atoms with van der Waals surface area (Å²) in [5.74, 6) is 0.243. The molecule has 0 bridgehead atoms. The monoisotopic (exact) mass is 429 g/mol. The molecule has 4 aromatic carbocycles. The first-order valence-electron chi connectivity index (χ1n) is 9.98. The zero-order chi connectivity index (χ0) is 22.0. The van der Waals surface area contributed by atoms with E-state index in [0.717, 1.165) is 33.2 Å². The van der Waals surface area contributed by atoms with Crippen LogP contribution in [0.5, 0.6) is 5.75 Å². The van der Waals surface area contributed by atoms with Gasteiger partial charge in [-0.15, -0.1) is 0 Å². The van der Waals surface area contributed by atoms with Crippen molar-refractivity contribution in [3.8, 4) is 5.75 Å². The van der Waals surface area contributed by atoms with Gasteiger partial charge in [0.15, 0.2) is 5.75 Å². The number of aryl methyl sites for hydroxylation is 3. The minimum atomic E-state index is -3.98. The largest absolute Gasteiger partial charge is 0.378 e. The number of hydrogen-bond donors (Lipinski definition) is 0. The van der Waals surface area contributed by atoms with E-state index in [2.05, 4.69) is 11.1 Å². The van der Waals surface area contributed by atoms with Crippen LogP contribution in [0.2, 0.25) is 0 Å². The van der Waals surface area contributed by atoms with Gasteiger partial charge >= 0.3 is 10.1 Å². The SMILES string of the molecule is Cc1ccc(S(=O)(=O)Oc2ccc3ccccc3c2C=Nc2ccc(C)cc2C)cc1. The third kappa shape index (κ3) is 4.52. The van der Waals surface area contributed by atoms with Gasteiger partial charge in [-0.2, -0.15) is 8.42 Å². The van der Waals surface area contributed by atoms with Gasteiger partial charge in [0.2, 0.25) is 0 Å². The molecule has 0 aromatic heterocycles. The van der Waals surface area contributed by atoms with Gasteiger partial charge in [0.1, 0.15) is 4.90 Å². The molecule has 0 N–H and O–H groups in total. The van der Waals surface area contributed by atoms with Crippen LogP contribution in [0.1, 0.15) is 22.3 Å². The highest BCUT2D eigenvalue weighted by Crippen LogP contribution is 2.30. The van der Waals surface area contributed by atoms with Gasteiger partial charge in [0.25, 0.3) is 0 Å². The van der Waals surface area contributed by atoms with Crippen LogP contribution in [-0.2, 0) is 10.1 Å². The van der Waals surface area contributed by atoms with Crippen molar-refractivity contribution in [3.05, 3.63) is 101 Å². The third-order valence-electron chi connectivity index (χ3n) is 5.12. The summed E-state index contributed by atoms with van der Waals surface area (Å²) < 4.78 is 31.4. The molecule has 156 valence electrons. The van der Waals surface area contributed by atoms with Crippen LogP contribution in [0.25, 0.3) is 10.8 Å². The molecule has 0 atom stereocenters. The van der Waals surface area contributed by atoms with E-state index in [1.807, 2.05) is 63.2 Å². The van der Waals surface area contributed by atoms with Crippen molar-refractivity contribution in [2.45, 2.75) is 25.7 Å². The average molecular weight is 430 g/mol. The van der Waals surface area contributed by atoms with Crippen LogP contribution in [0.15, 0.2) is 88.8 Å². The van der Waals surface area contributed by atoms with Crippen LogP contribution in [0.3, 0.4) is 0 Å². The lowest BCUT2D eigenvalue weighted by molar-refractivity contribution is 0.486. The van der Waals surface area contributed by atoms with Crippen molar-refractivity contribution in [3.63, 3.8) is 0 Å². The third-order valence-corrected chi connectivity index (χ3v) is 6.37. The van der Waals surface area contributed by atoms with Gasteiger partial charge in [0, 0.05) is 11.8 Å². The predicted octanol–water partition coefficient (Wildman–Crippen LogP) is 6.28. The molecular weight excluding hydrogens is 406 g/mol. The molecule has 0 radical (unpaired) electrons. The van der Waals surface area contributed by atoms with E-state index in [4.69, 9.17) is 4.18 Å². The molecule has 4 nitrogen and oxygen atoms in total. The van der Waals surface area contributed by atoms with Crippen molar-refractivity contribution >= 4 is 32.8 Å². The lowest BCUT2D eigenvalue weighted by atomic mass is 10.0. The molecule has 0 heterocycles. The fraction of sp³-hybridized carbons (Fsp3) is 0.115. The molecule has 0 unspecified atom stereocenters. The second-order valence-corrected chi connectivity index (χ2v) is 9.14. The molecule has 0 amide bonds. The van der Waals surface area contributed by atoms with E-state index in [1.165, 1.54) is 0 Å². The second-order valence-electron chi connectivity index (χ2n) is 7.60. The molecule has 0 saturated carbocycles. The minimum absolute atomic E-state index is 0.114. The average Bonchev–Trinajstić information content (AvgIpc) is 2.74. The van der Waals surface area contributed by atoms with E-state index < -0.39 is 10.1 Å². The van der Waals surface area contributed by atoms with Gasteiger partial charge in [-0.3, -0.25) is 4.99 Å². The molecule has 5 heteroatoms. The Morgan fingerprint density at radius 3 is 2.26 bits per heavy atom. The first kappa shape index (κ1) is 20.8. The Balaban J connectivity index is 1.80. The molecule has 4 rings (SSSR count). The zero-order valence-electron chi connectivity index (χ0n) is 17.7. The van der Waals surface area contributed by atoms with Gasteiger partial charge in [-0.1, -0.05) is 65.7 Å². The molecule has 0 saturated heterocycles. The molecule has 0 aliphatic heterocycles. The summed E-state index contributed by atoms with van der Waals surface area (Å²) in [4.78, 5) is 4.76. The van der Waals surface area contributed by atoms with E-state index >= 15 is 0 Å². The topological polar surface area (TPSA) is 55.7 Å². The van der Waals surface area contributed by atoms with Crippen LogP contribution in [0, 0.1) is 20.8 Å². The summed E-state index contributed by atoms with van der Waals surface area (Å²) in [6.45, 7) is 5.94. The molecular formula is C26H23NO3S. The second kappa shape index (κ2) is 8.36. The van der Waals surface area contributed by atoms with Crippen LogP contribution >= 0.6 is 0 Å². The molecule has 0 aliphatic rings. The fourth-order valence-electron chi connectivity index (χ4n) is 3.44. The number of nitrogens with zero attached hydrogens (tertiary/aromatic N) is 1. The van der Waals surface area contributed by atoms with Crippen LogP contribution < -0.4 is 4.18 Å². The Hall–Kier alpha value is -3.44. The quantitative estimate of drug-likeness (QED) is 0.277. The molecule has 0 spiro atoms. The van der Waals surface area contributed by atoms with Crippen molar-refractivity contribution in [2.75, 3.05) is 0 Å². The summed E-state index contributed by atoms with van der Waals surface area (Å²) in [7, 11) is -3.98. The number of rotatable bonds is 5. The highest BCUT2D eigenvalue weighted by atomic mass is 32.2. The number of fused-ring (bicyclic) bond motifs is 1. The Labute approximate surface area is 183 Å². The maximum atomic E-state index is 12.9. The zero-order valence-corrected chi connectivity index (χ0v) is 18.5. The Morgan fingerprint density at radius 1 is 0.806 bits per heavy atom. The van der Waals surface area contributed by atoms with E-state index in [-0.39, 0.29) is 10.6 Å². The number of hydrogen-bond acceptors (Lipinski definition) is 4. The molecule has 4 aromatic rings. The molecule has 0 fully saturated rings. The Bertz CT molecular complexity index is 1390. The van der Waals surface area contributed by atoms with Gasteiger partial charge < -0.3 is 4.18 Å². The van der Waals surface area contributed by atoms with Crippen LogP contribution in [0.4, 0.5) is 5.69 Å². The van der Waals surface area contributed by atoms with Crippen molar-refractivity contribution in [1.29, 1.82) is 0 Å². The van der Waals surface area contributed by atoms with Gasteiger partial charge in [-0.05, 0) is 61.4 Å². The lowest BCUT2D eigenvalue weighted by Crippen LogP contribution is -2.11. The van der Waals surface area contributed by atoms with Crippen molar-refractivity contribution in [2.24, 2.45) is 4.99 Å². The summed E-state index contributed by atoms with van der Waals surface area (Å²) in [6, 6.07) is 23.9. The smallest absolute Gasteiger partial charge is 0.339 e. The minimum Gasteiger partial charge on any atom is -0.378 e. The van der Waals surface area contributed by atoms with E-state index in [9.17, 15) is 8.42 Å². The summed E-state index contributed by atoms with van der Waals surface area (Å²) in [6.07, 6.45) is 1.68. The van der Waals surface area contributed by atoms with E-state index in [1.54, 1.807) is 36.5 Å². The Kier molecular flexibility index (Phi) is 5.61. The van der Waals surface area contributed by atoms with Crippen LogP contribution in [-0.4, -0.2) is 14.6 Å². The summed E-state index contributed by atoms with van der Waals surface area (Å²) >= 11 is 0. The lowest BCUT2D eigenvalue weighted by Gasteiger charge is -2.12. The number of benzene rings is 4. The molecule has 31 heavy (non-hydrogen) atoms. The normalized spacial score (nSPS) is 11.8. The fourth-order valence-corrected chi connectivity index (χ4v) is 4.38. The maximum absolute atomic E-state index is 12.9. The first-order chi connectivity index (χ1) is 14.8. The summed E-state index contributed by atoms with van der Waals surface area (Å²) in [5, 5.41) is 1.84. The number of aliphatic imine (C=N–C) groups is 1. The standard InChI is InChI=1S/C26H23NO3S/c1-18-8-12-22(13-9-18)31(28,29)30-26-15-11-21-6-4-5-7-23(21)24(26)17-27-25-14-10-19(2)16-20(25)3/h4-17H,1-3H3. The highest BCUT2D eigenvalue weighted by molar-refractivity contribution is 7.87. The molecule has 0 aliphatic carbocycles. The van der Waals surface area contributed by atoms with Gasteiger partial charge in [-0.25, -0.2) is 0 Å². The first-order valence-corrected chi connectivity index (χ1v) is 11.4. The van der Waals surface area contributed by atoms with Crippen molar-refractivity contribution in [1.82, 2.24) is 0 Å². The summed E-state index contributed by atoms with van der Waals surface area (Å²) in [5.41, 5.74) is 4.63. The Morgan fingerprint density at radius 2 is 1.52 bits per heavy atom. The predicted molar refractivity (Wildman–Crippen MR) is 126 cm³/mol. The van der Waals surface area contributed by atoms with Gasteiger partial charge in [0.05, 0.1) is 5.69 Å².